The molecule has 1 fully saturated rings. The number of hydrogen-bond acceptors (Lipinski definition) is 6. The van der Waals surface area contributed by atoms with Crippen LogP contribution < -0.4 is 10.1 Å². The van der Waals surface area contributed by atoms with Crippen LogP contribution in [0.15, 0.2) is 30.0 Å². The Kier molecular flexibility index (Phi) is 7.01. The molecule has 3 N–H and O–H groups in total. The predicted molar refractivity (Wildman–Crippen MR) is 96.5 cm³/mol. The summed E-state index contributed by atoms with van der Waals surface area (Å²) in [6.45, 7) is 5.73. The number of aldehydes is 1. The van der Waals surface area contributed by atoms with Crippen molar-refractivity contribution in [3.63, 3.8) is 0 Å². The van der Waals surface area contributed by atoms with E-state index in [1.165, 1.54) is 12.3 Å². The van der Waals surface area contributed by atoms with Crippen LogP contribution in [0, 0.1) is 17.2 Å². The van der Waals surface area contributed by atoms with Crippen molar-refractivity contribution >= 4 is 12.5 Å². The van der Waals surface area contributed by atoms with Crippen LogP contribution in [0.25, 0.3) is 0 Å². The lowest BCUT2D eigenvalue weighted by atomic mass is 9.86. The van der Waals surface area contributed by atoms with E-state index in [2.05, 4.69) is 19.2 Å². The van der Waals surface area contributed by atoms with Crippen LogP contribution in [0.5, 0.6) is 11.5 Å². The van der Waals surface area contributed by atoms with Crippen molar-refractivity contribution in [2.75, 3.05) is 19.8 Å². The van der Waals surface area contributed by atoms with Gasteiger partial charge in [-0.05, 0) is 38.5 Å². The number of carbonyl (C=O) groups excluding carboxylic acids is 1. The van der Waals surface area contributed by atoms with Gasteiger partial charge in [0.25, 0.3) is 0 Å². The van der Waals surface area contributed by atoms with Crippen molar-refractivity contribution < 1.29 is 19.4 Å². The molecule has 0 bridgehead atoms. The zero-order valence-electron chi connectivity index (χ0n) is 14.7. The van der Waals surface area contributed by atoms with Gasteiger partial charge in [0.2, 0.25) is 0 Å². The number of benzene rings is 1. The Hall–Kier alpha value is -2.34. The first-order valence-corrected chi connectivity index (χ1v) is 8.51. The standard InChI is InChI=1S/C19H26N2O4/c1-13(2)21-17(6-8-20)16-12-24-9-7-14(16)11-25-19-5-3-4-18(23)15(19)10-22/h3-6,8,10,13-14,16,20-21,23H,7,9,11-12H2,1-2H3/b17-6-,20-8?/t14-,16-/m0/s1. The fourth-order valence-electron chi connectivity index (χ4n) is 3.00. The molecule has 6 nitrogen and oxygen atoms in total. The Morgan fingerprint density at radius 3 is 3.00 bits per heavy atom. The Bertz CT molecular complexity index is 628. The first kappa shape index (κ1) is 19.0. The second-order valence-electron chi connectivity index (χ2n) is 6.44. The number of hydrogen-bond donors (Lipinski definition) is 3. The second kappa shape index (κ2) is 9.22. The average Bonchev–Trinajstić information content (AvgIpc) is 2.59. The van der Waals surface area contributed by atoms with Crippen LogP contribution >= 0.6 is 0 Å². The van der Waals surface area contributed by atoms with Gasteiger partial charge >= 0.3 is 0 Å². The molecule has 1 heterocycles. The van der Waals surface area contributed by atoms with Crippen LogP contribution in [0.2, 0.25) is 0 Å². The number of phenolic OH excluding ortho intramolecular Hbond substituents is 1. The summed E-state index contributed by atoms with van der Waals surface area (Å²) in [5.74, 6) is 0.583. The van der Waals surface area contributed by atoms with E-state index in [1.54, 1.807) is 18.2 Å². The molecule has 1 aliphatic rings. The fourth-order valence-corrected chi connectivity index (χ4v) is 3.00. The summed E-state index contributed by atoms with van der Waals surface area (Å²) >= 11 is 0. The monoisotopic (exact) mass is 346 g/mol. The van der Waals surface area contributed by atoms with Crippen molar-refractivity contribution in [3.05, 3.63) is 35.5 Å². The van der Waals surface area contributed by atoms with Gasteiger partial charge in [0, 0.05) is 36.4 Å². The van der Waals surface area contributed by atoms with E-state index < -0.39 is 0 Å². The third kappa shape index (κ3) is 5.06. The highest BCUT2D eigenvalue weighted by atomic mass is 16.5. The lowest BCUT2D eigenvalue weighted by Gasteiger charge is -2.34. The van der Waals surface area contributed by atoms with Gasteiger partial charge in [-0.1, -0.05) is 6.07 Å². The average molecular weight is 346 g/mol. The zero-order valence-corrected chi connectivity index (χ0v) is 14.7. The van der Waals surface area contributed by atoms with Crippen LogP contribution in [-0.4, -0.2) is 43.5 Å². The van der Waals surface area contributed by atoms with Gasteiger partial charge in [-0.2, -0.15) is 0 Å². The number of allylic oxidation sites excluding steroid dienone is 1. The molecule has 136 valence electrons. The highest BCUT2D eigenvalue weighted by molar-refractivity contribution is 5.83. The van der Waals surface area contributed by atoms with Gasteiger partial charge in [-0.15, -0.1) is 0 Å². The molecule has 2 atom stereocenters. The number of aromatic hydroxyl groups is 1. The van der Waals surface area contributed by atoms with Crippen molar-refractivity contribution in [2.45, 2.75) is 26.3 Å². The van der Waals surface area contributed by atoms with Gasteiger partial charge < -0.3 is 25.3 Å². The molecule has 1 saturated heterocycles. The normalized spacial score (nSPS) is 21.0. The lowest BCUT2D eigenvalue weighted by molar-refractivity contribution is 0.0120. The molecule has 0 radical (unpaired) electrons. The summed E-state index contributed by atoms with van der Waals surface area (Å²) in [5, 5.41) is 20.5. The van der Waals surface area contributed by atoms with Crippen molar-refractivity contribution in [1.29, 1.82) is 5.41 Å². The van der Waals surface area contributed by atoms with E-state index in [1.807, 2.05) is 0 Å². The van der Waals surface area contributed by atoms with Gasteiger partial charge in [0.15, 0.2) is 6.29 Å². The Labute approximate surface area is 148 Å². The Morgan fingerprint density at radius 1 is 1.52 bits per heavy atom. The zero-order chi connectivity index (χ0) is 18.2. The minimum Gasteiger partial charge on any atom is -0.507 e. The van der Waals surface area contributed by atoms with E-state index in [9.17, 15) is 9.90 Å². The highest BCUT2D eigenvalue weighted by Crippen LogP contribution is 2.30. The Morgan fingerprint density at radius 2 is 2.32 bits per heavy atom. The predicted octanol–water partition coefficient (Wildman–Crippen LogP) is 2.77. The first-order chi connectivity index (χ1) is 12.1. The quantitative estimate of drug-likeness (QED) is 0.497. The number of ether oxygens (including phenoxy) is 2. The number of rotatable bonds is 8. The smallest absolute Gasteiger partial charge is 0.157 e. The fraction of sp³-hybridized carbons (Fsp3) is 0.474. The van der Waals surface area contributed by atoms with Crippen LogP contribution in [0.4, 0.5) is 0 Å². The van der Waals surface area contributed by atoms with Crippen LogP contribution in [0.3, 0.4) is 0 Å². The summed E-state index contributed by atoms with van der Waals surface area (Å²) in [5.41, 5.74) is 1.13. The number of phenols is 1. The maximum absolute atomic E-state index is 11.2. The van der Waals surface area contributed by atoms with Crippen molar-refractivity contribution in [3.8, 4) is 11.5 Å². The minimum atomic E-state index is -0.0816. The molecule has 2 rings (SSSR count). The summed E-state index contributed by atoms with van der Waals surface area (Å²) in [7, 11) is 0. The molecule has 0 aliphatic carbocycles. The van der Waals surface area contributed by atoms with E-state index >= 15 is 0 Å². The molecule has 0 aromatic heterocycles. The summed E-state index contributed by atoms with van der Waals surface area (Å²) in [4.78, 5) is 11.2. The van der Waals surface area contributed by atoms with Gasteiger partial charge in [-0.3, -0.25) is 4.79 Å². The molecule has 0 saturated carbocycles. The molecule has 6 heteroatoms. The molecular weight excluding hydrogens is 320 g/mol. The van der Waals surface area contributed by atoms with Crippen molar-refractivity contribution in [2.24, 2.45) is 11.8 Å². The summed E-state index contributed by atoms with van der Waals surface area (Å²) in [6.07, 6.45) is 4.47. The molecular formula is C19H26N2O4. The van der Waals surface area contributed by atoms with E-state index in [0.717, 1.165) is 12.1 Å². The maximum Gasteiger partial charge on any atom is 0.157 e. The number of carbonyl (C=O) groups is 1. The number of nitrogens with one attached hydrogen (secondary N) is 2. The summed E-state index contributed by atoms with van der Waals surface area (Å²) in [6, 6.07) is 5.05. The van der Waals surface area contributed by atoms with E-state index in [0.29, 0.717) is 31.9 Å². The molecule has 1 aromatic carbocycles. The topological polar surface area (TPSA) is 91.6 Å². The molecule has 0 amide bonds. The molecule has 25 heavy (non-hydrogen) atoms. The van der Waals surface area contributed by atoms with Gasteiger partial charge in [-0.25, -0.2) is 0 Å². The van der Waals surface area contributed by atoms with Gasteiger partial charge in [0.05, 0.1) is 18.8 Å². The first-order valence-electron chi connectivity index (χ1n) is 8.51. The summed E-state index contributed by atoms with van der Waals surface area (Å²) < 4.78 is 11.5. The maximum atomic E-state index is 11.2. The second-order valence-corrected chi connectivity index (χ2v) is 6.44. The molecule has 1 aliphatic heterocycles. The van der Waals surface area contributed by atoms with Crippen molar-refractivity contribution in [1.82, 2.24) is 5.32 Å². The molecule has 0 spiro atoms. The van der Waals surface area contributed by atoms with Gasteiger partial charge in [0.1, 0.15) is 11.5 Å². The van der Waals surface area contributed by atoms with Crippen LogP contribution in [-0.2, 0) is 4.74 Å². The third-order valence-electron chi connectivity index (χ3n) is 4.23. The van der Waals surface area contributed by atoms with E-state index in [-0.39, 0.29) is 29.2 Å². The van der Waals surface area contributed by atoms with E-state index in [4.69, 9.17) is 14.9 Å². The Balaban J connectivity index is 2.13. The SMILES string of the molecule is CC(C)N/C(=C\C=N)[C@H]1COCC[C@H]1COc1cccc(O)c1C=O. The minimum absolute atomic E-state index is 0.0816. The largest absolute Gasteiger partial charge is 0.507 e. The third-order valence-corrected chi connectivity index (χ3v) is 4.23. The lowest BCUT2D eigenvalue weighted by Crippen LogP contribution is -2.38. The molecule has 0 unspecified atom stereocenters. The highest BCUT2D eigenvalue weighted by Gasteiger charge is 2.30. The molecule has 1 aromatic rings. The van der Waals surface area contributed by atoms with Crippen LogP contribution in [0.1, 0.15) is 30.6 Å².